The number of rotatable bonds is 1. The summed E-state index contributed by atoms with van der Waals surface area (Å²) < 4.78 is 2.13. The van der Waals surface area contributed by atoms with Crippen LogP contribution < -0.4 is 5.73 Å². The Morgan fingerprint density at radius 2 is 1.86 bits per heavy atom. The number of para-hydroxylation sites is 2. The predicted octanol–water partition coefficient (Wildman–Crippen LogP) is 3.55. The maximum atomic E-state index is 11.7. The van der Waals surface area contributed by atoms with Gasteiger partial charge < -0.3 is 10.8 Å². The highest BCUT2D eigenvalue weighted by Crippen LogP contribution is 2.42. The molecule has 6 heteroatoms. The van der Waals surface area contributed by atoms with Crippen molar-refractivity contribution in [3.63, 3.8) is 0 Å². The van der Waals surface area contributed by atoms with E-state index in [1.165, 1.54) is 11.3 Å². The van der Waals surface area contributed by atoms with Gasteiger partial charge in [0.1, 0.15) is 5.01 Å². The number of carbonyl (C=O) groups is 1. The summed E-state index contributed by atoms with van der Waals surface area (Å²) in [5.41, 5.74) is 7.36. The minimum absolute atomic E-state index is 0.173. The zero-order chi connectivity index (χ0) is 15.3. The summed E-state index contributed by atoms with van der Waals surface area (Å²) in [5.74, 6) is -0.173. The van der Waals surface area contributed by atoms with Crippen LogP contribution >= 0.6 is 11.3 Å². The lowest BCUT2D eigenvalue weighted by Gasteiger charge is -1.99. The first kappa shape index (κ1) is 12.8. The Labute approximate surface area is 129 Å². The van der Waals surface area contributed by atoms with Crippen molar-refractivity contribution in [2.75, 3.05) is 0 Å². The largest absolute Gasteiger partial charge is 0.494 e. The molecule has 2 heterocycles. The number of hydrogen-bond acceptors (Lipinski definition) is 4. The molecule has 108 valence electrons. The van der Waals surface area contributed by atoms with Gasteiger partial charge >= 0.3 is 6.03 Å². The molecular formula is C16H11N3O2S. The van der Waals surface area contributed by atoms with Gasteiger partial charge in [-0.2, -0.15) is 0 Å². The number of amides is 1. The monoisotopic (exact) mass is 309 g/mol. The van der Waals surface area contributed by atoms with E-state index < -0.39 is 6.03 Å². The zero-order valence-electron chi connectivity index (χ0n) is 11.4. The first-order valence-corrected chi connectivity index (χ1v) is 7.46. The molecule has 0 saturated heterocycles. The molecule has 2 aromatic carbocycles. The Bertz CT molecular complexity index is 999. The summed E-state index contributed by atoms with van der Waals surface area (Å²) in [6.07, 6.45) is 0. The lowest BCUT2D eigenvalue weighted by atomic mass is 10.2. The molecular weight excluding hydrogens is 298 g/mol. The minimum Gasteiger partial charge on any atom is -0.494 e. The molecule has 4 rings (SSSR count). The predicted molar refractivity (Wildman–Crippen MR) is 87.2 cm³/mol. The lowest BCUT2D eigenvalue weighted by molar-refractivity contribution is 0.248. The van der Waals surface area contributed by atoms with Gasteiger partial charge in [0.2, 0.25) is 5.88 Å². The SMILES string of the molecule is NC(=O)n1c(O)c(-c2nc3ccccc3s2)c2ccccc21. The summed E-state index contributed by atoms with van der Waals surface area (Å²) in [6, 6.07) is 14.3. The van der Waals surface area contributed by atoms with Crippen LogP contribution in [0.4, 0.5) is 4.79 Å². The Morgan fingerprint density at radius 1 is 1.14 bits per heavy atom. The first-order valence-electron chi connectivity index (χ1n) is 6.65. The molecule has 0 aliphatic rings. The topological polar surface area (TPSA) is 81.1 Å². The van der Waals surface area contributed by atoms with Crippen molar-refractivity contribution >= 4 is 38.5 Å². The van der Waals surface area contributed by atoms with Gasteiger partial charge in [-0.15, -0.1) is 11.3 Å². The van der Waals surface area contributed by atoms with E-state index in [2.05, 4.69) is 4.98 Å². The second-order valence-electron chi connectivity index (χ2n) is 4.88. The van der Waals surface area contributed by atoms with E-state index in [1.807, 2.05) is 36.4 Å². The van der Waals surface area contributed by atoms with Crippen LogP contribution in [-0.2, 0) is 0 Å². The molecule has 2 aromatic heterocycles. The maximum absolute atomic E-state index is 11.7. The number of carbonyl (C=O) groups excluding carboxylic acids is 1. The van der Waals surface area contributed by atoms with E-state index in [9.17, 15) is 9.90 Å². The molecule has 0 spiro atoms. The molecule has 0 unspecified atom stereocenters. The van der Waals surface area contributed by atoms with Crippen molar-refractivity contribution in [3.8, 4) is 16.5 Å². The van der Waals surface area contributed by atoms with Gasteiger partial charge in [0.15, 0.2) is 0 Å². The molecule has 0 atom stereocenters. The number of aromatic nitrogens is 2. The standard InChI is InChI=1S/C16H11N3O2S/c17-16(21)19-11-7-3-1-5-9(11)13(15(19)20)14-18-10-6-2-4-8-12(10)22-14/h1-8,20H,(H2,17,21). The summed E-state index contributed by atoms with van der Waals surface area (Å²) in [6.45, 7) is 0. The molecule has 0 bridgehead atoms. The van der Waals surface area contributed by atoms with Crippen molar-refractivity contribution < 1.29 is 9.90 Å². The van der Waals surface area contributed by atoms with Crippen molar-refractivity contribution in [2.24, 2.45) is 5.73 Å². The van der Waals surface area contributed by atoms with Gasteiger partial charge in [0, 0.05) is 5.39 Å². The molecule has 5 nitrogen and oxygen atoms in total. The van der Waals surface area contributed by atoms with Gasteiger partial charge in [0.25, 0.3) is 0 Å². The molecule has 1 amide bonds. The molecule has 0 saturated carbocycles. The maximum Gasteiger partial charge on any atom is 0.326 e. The number of nitrogens with two attached hydrogens (primary N) is 1. The van der Waals surface area contributed by atoms with Crippen LogP contribution in [0.5, 0.6) is 5.88 Å². The van der Waals surface area contributed by atoms with Crippen molar-refractivity contribution in [1.82, 2.24) is 9.55 Å². The lowest BCUT2D eigenvalue weighted by Crippen LogP contribution is -2.18. The van der Waals surface area contributed by atoms with Crippen LogP contribution in [0.2, 0.25) is 0 Å². The number of benzene rings is 2. The summed E-state index contributed by atoms with van der Waals surface area (Å²) in [5, 5.41) is 11.9. The number of aromatic hydroxyl groups is 1. The summed E-state index contributed by atoms with van der Waals surface area (Å²) in [7, 11) is 0. The van der Waals surface area contributed by atoms with Crippen LogP contribution in [0.15, 0.2) is 48.5 Å². The Hall–Kier alpha value is -2.86. The van der Waals surface area contributed by atoms with Gasteiger partial charge in [-0.25, -0.2) is 14.3 Å². The summed E-state index contributed by atoms with van der Waals surface area (Å²) >= 11 is 1.47. The Balaban J connectivity index is 2.10. The third-order valence-electron chi connectivity index (χ3n) is 3.58. The van der Waals surface area contributed by atoms with Gasteiger partial charge in [0.05, 0.1) is 21.3 Å². The van der Waals surface area contributed by atoms with Crippen LogP contribution in [0.1, 0.15) is 0 Å². The van der Waals surface area contributed by atoms with Crippen molar-refractivity contribution in [2.45, 2.75) is 0 Å². The molecule has 0 radical (unpaired) electrons. The fourth-order valence-corrected chi connectivity index (χ4v) is 3.66. The van der Waals surface area contributed by atoms with Crippen LogP contribution in [0, 0.1) is 0 Å². The number of thiazole rings is 1. The number of hydrogen-bond donors (Lipinski definition) is 2. The second kappa shape index (κ2) is 4.57. The third kappa shape index (κ3) is 1.71. The minimum atomic E-state index is -0.721. The van der Waals surface area contributed by atoms with E-state index >= 15 is 0 Å². The fraction of sp³-hybridized carbons (Fsp3) is 0. The zero-order valence-corrected chi connectivity index (χ0v) is 12.2. The molecule has 0 fully saturated rings. The van der Waals surface area contributed by atoms with Crippen molar-refractivity contribution in [1.29, 1.82) is 0 Å². The average molecular weight is 309 g/mol. The quantitative estimate of drug-likeness (QED) is 0.564. The molecule has 22 heavy (non-hydrogen) atoms. The highest BCUT2D eigenvalue weighted by molar-refractivity contribution is 7.21. The van der Waals surface area contributed by atoms with E-state index in [4.69, 9.17) is 5.73 Å². The number of nitrogens with zero attached hydrogens (tertiary/aromatic N) is 2. The smallest absolute Gasteiger partial charge is 0.326 e. The molecule has 3 N–H and O–H groups in total. The van der Waals surface area contributed by atoms with E-state index in [0.29, 0.717) is 16.1 Å². The molecule has 0 aliphatic heterocycles. The number of fused-ring (bicyclic) bond motifs is 2. The molecule has 0 aliphatic carbocycles. The van der Waals surface area contributed by atoms with Crippen molar-refractivity contribution in [3.05, 3.63) is 48.5 Å². The fourth-order valence-electron chi connectivity index (χ4n) is 2.64. The second-order valence-corrected chi connectivity index (χ2v) is 5.91. The highest BCUT2D eigenvalue weighted by atomic mass is 32.1. The molecule has 4 aromatic rings. The Morgan fingerprint density at radius 3 is 2.64 bits per heavy atom. The van der Waals surface area contributed by atoms with Gasteiger partial charge in [-0.1, -0.05) is 30.3 Å². The number of primary amides is 1. The first-order chi connectivity index (χ1) is 10.7. The van der Waals surface area contributed by atoms with Crippen LogP contribution in [-0.4, -0.2) is 20.7 Å². The Kier molecular flexibility index (Phi) is 2.67. The van der Waals surface area contributed by atoms with Crippen LogP contribution in [0.3, 0.4) is 0 Å². The third-order valence-corrected chi connectivity index (χ3v) is 4.63. The summed E-state index contributed by atoms with van der Waals surface area (Å²) in [4.78, 5) is 16.2. The van der Waals surface area contributed by atoms with E-state index in [-0.39, 0.29) is 5.88 Å². The average Bonchev–Trinajstić information content (AvgIpc) is 3.04. The van der Waals surface area contributed by atoms with Gasteiger partial charge in [-0.3, -0.25) is 0 Å². The van der Waals surface area contributed by atoms with Gasteiger partial charge in [-0.05, 0) is 18.2 Å². The van der Waals surface area contributed by atoms with Crippen LogP contribution in [0.25, 0.3) is 31.7 Å². The highest BCUT2D eigenvalue weighted by Gasteiger charge is 2.22. The van der Waals surface area contributed by atoms with E-state index in [0.717, 1.165) is 20.2 Å². The van der Waals surface area contributed by atoms with E-state index in [1.54, 1.807) is 12.1 Å². The normalized spacial score (nSPS) is 11.3.